The quantitative estimate of drug-likeness (QED) is 0.0888. The lowest BCUT2D eigenvalue weighted by Crippen LogP contribution is -2.16. The summed E-state index contributed by atoms with van der Waals surface area (Å²) < 4.78 is 0. The first-order valence-corrected chi connectivity index (χ1v) is 25.6. The van der Waals surface area contributed by atoms with Crippen LogP contribution in [0.1, 0.15) is 68.4 Å². The lowest BCUT2D eigenvalue weighted by Gasteiger charge is -2.29. The Morgan fingerprint density at radius 1 is 0.405 bits per heavy atom. The van der Waals surface area contributed by atoms with Crippen molar-refractivity contribution in [3.8, 4) is 78.0 Å². The van der Waals surface area contributed by atoms with Crippen molar-refractivity contribution in [2.75, 3.05) is 0 Å². The molecule has 0 aliphatic carbocycles. The SMILES string of the molecule is C=C(/N=C(\N=C(/C)c1cccc(-c2cc(-c3ccccc3)cc(-c3ccccc3)c2)c1)c1ccc(-c2ccc(C)c(C(C)C(C)(C)C)c2)nc1)c1cccc(-c2cc(-c3ccccc3)cc(-c3ccccc3)c2)c1. The van der Waals surface area contributed by atoms with Crippen molar-refractivity contribution in [1.82, 2.24) is 4.98 Å². The molecule has 0 saturated heterocycles. The van der Waals surface area contributed by atoms with Gasteiger partial charge in [-0.3, -0.25) is 4.98 Å². The van der Waals surface area contributed by atoms with Crippen LogP contribution in [-0.4, -0.2) is 16.5 Å². The highest BCUT2D eigenvalue weighted by atomic mass is 14.9. The molecule has 1 aromatic heterocycles. The van der Waals surface area contributed by atoms with Crippen molar-refractivity contribution in [2.24, 2.45) is 15.4 Å². The van der Waals surface area contributed by atoms with E-state index in [1.165, 1.54) is 33.4 Å². The number of benzene rings is 9. The Morgan fingerprint density at radius 2 is 0.824 bits per heavy atom. The first kappa shape index (κ1) is 48.8. The Balaban J connectivity index is 1.05. The summed E-state index contributed by atoms with van der Waals surface area (Å²) in [6.07, 6.45) is 1.90. The topological polar surface area (TPSA) is 37.6 Å². The van der Waals surface area contributed by atoms with Gasteiger partial charge < -0.3 is 0 Å². The Labute approximate surface area is 438 Å². The Kier molecular flexibility index (Phi) is 14.2. The molecule has 0 amide bonds. The molecule has 10 rings (SSSR count). The second-order valence-corrected chi connectivity index (χ2v) is 20.4. The van der Waals surface area contributed by atoms with E-state index in [9.17, 15) is 0 Å². The summed E-state index contributed by atoms with van der Waals surface area (Å²) in [6.45, 7) is 18.1. The molecule has 0 aliphatic rings. The lowest BCUT2D eigenvalue weighted by molar-refractivity contribution is 0.338. The molecule has 0 N–H and O–H groups in total. The van der Waals surface area contributed by atoms with Gasteiger partial charge in [-0.1, -0.05) is 204 Å². The molecule has 9 aromatic carbocycles. The van der Waals surface area contributed by atoms with E-state index in [0.717, 1.165) is 78.2 Å². The Morgan fingerprint density at radius 3 is 1.26 bits per heavy atom. The molecule has 0 aliphatic heterocycles. The Bertz CT molecular complexity index is 3540. The summed E-state index contributed by atoms with van der Waals surface area (Å²) in [5.41, 5.74) is 22.6. The van der Waals surface area contributed by atoms with Gasteiger partial charge in [-0.25, -0.2) is 9.98 Å². The van der Waals surface area contributed by atoms with Crippen LogP contribution in [0.5, 0.6) is 0 Å². The molecule has 1 heterocycles. The van der Waals surface area contributed by atoms with Crippen molar-refractivity contribution in [1.29, 1.82) is 0 Å². The number of amidine groups is 1. The van der Waals surface area contributed by atoms with Gasteiger partial charge in [0.25, 0.3) is 0 Å². The van der Waals surface area contributed by atoms with E-state index in [2.05, 4.69) is 285 Å². The maximum atomic E-state index is 5.36. The molecule has 1 unspecified atom stereocenters. The van der Waals surface area contributed by atoms with Gasteiger partial charge in [0.1, 0.15) is 0 Å². The number of pyridine rings is 1. The van der Waals surface area contributed by atoms with Gasteiger partial charge in [-0.15, -0.1) is 0 Å². The average Bonchev–Trinajstić information content (AvgIpc) is 3.45. The molecule has 360 valence electrons. The van der Waals surface area contributed by atoms with E-state index in [1.54, 1.807) is 0 Å². The van der Waals surface area contributed by atoms with Crippen LogP contribution in [0.3, 0.4) is 0 Å². The van der Waals surface area contributed by atoms with E-state index < -0.39 is 0 Å². The summed E-state index contributed by atoms with van der Waals surface area (Å²) in [6, 6.07) is 84.0. The molecule has 0 fully saturated rings. The van der Waals surface area contributed by atoms with Gasteiger partial charge in [0.05, 0.1) is 11.4 Å². The number of aliphatic imine (C=N–C) groups is 2. The molecule has 0 spiro atoms. The summed E-state index contributed by atoms with van der Waals surface area (Å²) in [4.78, 5) is 15.7. The number of hydrogen-bond acceptors (Lipinski definition) is 2. The fourth-order valence-corrected chi connectivity index (χ4v) is 9.58. The van der Waals surface area contributed by atoms with Crippen molar-refractivity contribution < 1.29 is 0 Å². The number of aryl methyl sites for hydroxylation is 1. The molecular formula is C71H61N3. The number of hydrogen-bond donors (Lipinski definition) is 0. The highest BCUT2D eigenvalue weighted by molar-refractivity contribution is 6.13. The number of aromatic nitrogens is 1. The van der Waals surface area contributed by atoms with Crippen LogP contribution in [0.2, 0.25) is 0 Å². The second-order valence-electron chi connectivity index (χ2n) is 20.4. The highest BCUT2D eigenvalue weighted by Gasteiger charge is 2.24. The molecular weight excluding hydrogens is 895 g/mol. The highest BCUT2D eigenvalue weighted by Crippen LogP contribution is 2.39. The first-order valence-electron chi connectivity index (χ1n) is 25.6. The first-order chi connectivity index (χ1) is 35.9. The average molecular weight is 956 g/mol. The summed E-state index contributed by atoms with van der Waals surface area (Å²) >= 11 is 0. The number of rotatable bonds is 12. The molecule has 0 bridgehead atoms. The Hall–Kier alpha value is -8.79. The van der Waals surface area contributed by atoms with Gasteiger partial charge in [0.2, 0.25) is 0 Å². The standard InChI is InChI=1S/C71H61N3/c1-48-34-35-60(46-68(48)49(2)71(5,6)7)69-37-36-61(47-72-69)70(73-50(3)56-30-20-32-58(38-56)66-42-62(52-22-12-8-13-23-52)40-63(43-66)53-24-14-9-15-25-53)74-51(4)57-31-21-33-59(39-57)67-44-64(54-26-16-10-17-27-54)41-65(45-67)55-28-18-11-19-29-55/h8-47,49H,3H2,1-2,4-7H3/b73-70-,74-51+. The van der Waals surface area contributed by atoms with Crippen LogP contribution in [0.15, 0.2) is 259 Å². The zero-order valence-electron chi connectivity index (χ0n) is 43.2. The molecule has 3 heteroatoms. The predicted molar refractivity (Wildman–Crippen MR) is 316 cm³/mol. The summed E-state index contributed by atoms with van der Waals surface area (Å²) in [7, 11) is 0. The van der Waals surface area contributed by atoms with Crippen molar-refractivity contribution in [3.63, 3.8) is 0 Å². The van der Waals surface area contributed by atoms with E-state index in [4.69, 9.17) is 15.0 Å². The van der Waals surface area contributed by atoms with Crippen LogP contribution in [-0.2, 0) is 0 Å². The van der Waals surface area contributed by atoms with Crippen molar-refractivity contribution >= 4 is 17.2 Å². The third-order valence-electron chi connectivity index (χ3n) is 14.3. The molecule has 0 saturated carbocycles. The van der Waals surface area contributed by atoms with E-state index >= 15 is 0 Å². The molecule has 3 nitrogen and oxygen atoms in total. The lowest BCUT2D eigenvalue weighted by atomic mass is 9.76. The fraction of sp³-hybridized carbons (Fsp3) is 0.113. The predicted octanol–water partition coefficient (Wildman–Crippen LogP) is 19.1. The minimum absolute atomic E-state index is 0.123. The van der Waals surface area contributed by atoms with Gasteiger partial charge in [-0.2, -0.15) is 0 Å². The third kappa shape index (κ3) is 11.1. The largest absolute Gasteiger partial charge is 0.255 e. The van der Waals surface area contributed by atoms with Gasteiger partial charge >= 0.3 is 0 Å². The molecule has 0 radical (unpaired) electrons. The smallest absolute Gasteiger partial charge is 0.161 e. The van der Waals surface area contributed by atoms with Gasteiger partial charge in [-0.05, 0) is 175 Å². The maximum absolute atomic E-state index is 5.36. The molecule has 74 heavy (non-hydrogen) atoms. The monoisotopic (exact) mass is 955 g/mol. The zero-order chi connectivity index (χ0) is 51.2. The molecule has 10 aromatic rings. The zero-order valence-corrected chi connectivity index (χ0v) is 43.2. The van der Waals surface area contributed by atoms with Gasteiger partial charge in [0.15, 0.2) is 5.84 Å². The second kappa shape index (κ2) is 21.5. The van der Waals surface area contributed by atoms with Crippen LogP contribution in [0, 0.1) is 12.3 Å². The molecule has 1 atom stereocenters. The van der Waals surface area contributed by atoms with E-state index in [-0.39, 0.29) is 5.41 Å². The van der Waals surface area contributed by atoms with Crippen LogP contribution >= 0.6 is 0 Å². The number of nitrogens with zero attached hydrogens (tertiary/aromatic N) is 3. The van der Waals surface area contributed by atoms with E-state index in [0.29, 0.717) is 17.5 Å². The maximum Gasteiger partial charge on any atom is 0.161 e. The third-order valence-corrected chi connectivity index (χ3v) is 14.3. The van der Waals surface area contributed by atoms with Crippen LogP contribution in [0.25, 0.3) is 83.7 Å². The minimum atomic E-state index is 0.123. The van der Waals surface area contributed by atoms with Crippen molar-refractivity contribution in [2.45, 2.75) is 47.5 Å². The summed E-state index contributed by atoms with van der Waals surface area (Å²) in [5, 5.41) is 0. The van der Waals surface area contributed by atoms with Gasteiger partial charge in [0, 0.05) is 28.6 Å². The fourth-order valence-electron chi connectivity index (χ4n) is 9.58. The van der Waals surface area contributed by atoms with Crippen LogP contribution < -0.4 is 0 Å². The van der Waals surface area contributed by atoms with E-state index in [1.807, 2.05) is 6.20 Å². The van der Waals surface area contributed by atoms with Crippen LogP contribution in [0.4, 0.5) is 0 Å². The minimum Gasteiger partial charge on any atom is -0.255 e. The normalized spacial score (nSPS) is 12.4. The summed E-state index contributed by atoms with van der Waals surface area (Å²) in [5.74, 6) is 0.904. The van der Waals surface area contributed by atoms with Crippen molar-refractivity contribution in [3.05, 3.63) is 277 Å².